The third kappa shape index (κ3) is 1.08. The Kier molecular flexibility index (Phi) is 1.52. The molecule has 0 saturated heterocycles. The minimum Gasteiger partial charge on any atom is -0.278 e. The highest BCUT2D eigenvalue weighted by Crippen LogP contribution is 2.52. The Morgan fingerprint density at radius 3 is 2.56 bits per heavy atom. The first-order valence-electron chi connectivity index (χ1n) is 4.47. The van der Waals surface area contributed by atoms with Gasteiger partial charge in [-0.05, 0) is 12.1 Å². The number of nitrogens with one attached hydrogen (secondary N) is 1. The fourth-order valence-corrected chi connectivity index (χ4v) is 1.60. The van der Waals surface area contributed by atoms with E-state index in [4.69, 9.17) is 0 Å². The largest absolute Gasteiger partial charge is 0.442 e. The zero-order chi connectivity index (χ0) is 11.4. The topological polar surface area (TPSA) is 53.4 Å². The fourth-order valence-electron chi connectivity index (χ4n) is 1.60. The molecule has 1 aliphatic rings. The molecule has 0 radical (unpaired) electrons. The van der Waals surface area contributed by atoms with Gasteiger partial charge in [-0.15, -0.1) is 10.2 Å². The van der Waals surface area contributed by atoms with Crippen molar-refractivity contribution >= 4 is 10.9 Å². The maximum atomic E-state index is 12.7. The van der Waals surface area contributed by atoms with Gasteiger partial charge >= 0.3 is 11.8 Å². The summed E-state index contributed by atoms with van der Waals surface area (Å²) in [6.07, 6.45) is -3.02. The lowest BCUT2D eigenvalue weighted by atomic mass is 10.0. The van der Waals surface area contributed by atoms with Gasteiger partial charge in [0.25, 0.3) is 0 Å². The molecule has 4 nitrogen and oxygen atoms in total. The van der Waals surface area contributed by atoms with Crippen molar-refractivity contribution in [2.75, 3.05) is 0 Å². The summed E-state index contributed by atoms with van der Waals surface area (Å²) in [6, 6.07) is 4.29. The van der Waals surface area contributed by atoms with Crippen LogP contribution in [-0.2, 0) is 5.66 Å². The zero-order valence-corrected chi connectivity index (χ0v) is 7.78. The number of alkyl halides is 3. The van der Waals surface area contributed by atoms with Gasteiger partial charge in [0.15, 0.2) is 0 Å². The van der Waals surface area contributed by atoms with Crippen LogP contribution in [0.1, 0.15) is 5.56 Å². The Labute approximate surface area is 87.2 Å². The van der Waals surface area contributed by atoms with E-state index in [1.807, 2.05) is 0 Å². The molecule has 0 spiro atoms. The Hall–Kier alpha value is -1.92. The quantitative estimate of drug-likeness (QED) is 0.798. The predicted molar refractivity (Wildman–Crippen MR) is 48.7 cm³/mol. The van der Waals surface area contributed by atoms with E-state index >= 15 is 0 Å². The summed E-state index contributed by atoms with van der Waals surface area (Å²) in [7, 11) is 0. The molecule has 0 atom stereocenters. The molecule has 3 rings (SSSR count). The molecule has 82 valence electrons. The van der Waals surface area contributed by atoms with E-state index in [9.17, 15) is 13.2 Å². The molecule has 2 aromatic rings. The first-order valence-corrected chi connectivity index (χ1v) is 4.47. The Balaban J connectivity index is 2.13. The predicted octanol–water partition coefficient (Wildman–Crippen LogP) is 2.74. The number of halogens is 3. The lowest BCUT2D eigenvalue weighted by Gasteiger charge is -2.14. The van der Waals surface area contributed by atoms with Crippen molar-refractivity contribution < 1.29 is 13.2 Å². The van der Waals surface area contributed by atoms with E-state index in [0.29, 0.717) is 10.9 Å². The standard InChI is InChI=1S/C9H5F3N4/c10-9(11,12)8(15-16-8)6-1-2-7-5(3-6)4-13-14-7/h1-4H,(H,13,14). The lowest BCUT2D eigenvalue weighted by Crippen LogP contribution is -2.29. The summed E-state index contributed by atoms with van der Waals surface area (Å²) in [5.74, 6) is 0. The van der Waals surface area contributed by atoms with Crippen molar-refractivity contribution in [3.8, 4) is 0 Å². The fraction of sp³-hybridized carbons (Fsp3) is 0.222. The van der Waals surface area contributed by atoms with Crippen molar-refractivity contribution in [3.63, 3.8) is 0 Å². The minimum atomic E-state index is -4.48. The molecule has 1 aromatic heterocycles. The van der Waals surface area contributed by atoms with Crippen LogP contribution in [0.5, 0.6) is 0 Å². The normalized spacial score (nSPS) is 17.9. The molecule has 0 fully saturated rings. The van der Waals surface area contributed by atoms with Crippen LogP contribution in [0.3, 0.4) is 0 Å². The Bertz CT molecular complexity index is 578. The van der Waals surface area contributed by atoms with E-state index in [-0.39, 0.29) is 5.56 Å². The molecular formula is C9H5F3N4. The monoisotopic (exact) mass is 226 g/mol. The van der Waals surface area contributed by atoms with E-state index in [1.54, 1.807) is 0 Å². The number of fused-ring (bicyclic) bond motifs is 1. The molecule has 0 saturated carbocycles. The molecular weight excluding hydrogens is 221 g/mol. The molecule has 0 bridgehead atoms. The van der Waals surface area contributed by atoms with Crippen LogP contribution in [0.15, 0.2) is 34.6 Å². The van der Waals surface area contributed by atoms with Crippen LogP contribution in [0.25, 0.3) is 10.9 Å². The van der Waals surface area contributed by atoms with Crippen molar-refractivity contribution in [2.24, 2.45) is 10.2 Å². The Morgan fingerprint density at radius 2 is 1.94 bits per heavy atom. The van der Waals surface area contributed by atoms with Gasteiger partial charge in [0.1, 0.15) is 0 Å². The van der Waals surface area contributed by atoms with Crippen molar-refractivity contribution in [2.45, 2.75) is 11.8 Å². The number of nitrogens with zero attached hydrogens (tertiary/aromatic N) is 3. The highest BCUT2D eigenvalue weighted by atomic mass is 19.4. The summed E-state index contributed by atoms with van der Waals surface area (Å²) in [4.78, 5) is 0. The van der Waals surface area contributed by atoms with Crippen LogP contribution >= 0.6 is 0 Å². The molecule has 2 heterocycles. The van der Waals surface area contributed by atoms with Crippen molar-refractivity contribution in [1.82, 2.24) is 10.2 Å². The number of benzene rings is 1. The van der Waals surface area contributed by atoms with Gasteiger partial charge in [-0.1, -0.05) is 6.07 Å². The number of hydrogen-bond acceptors (Lipinski definition) is 3. The van der Waals surface area contributed by atoms with E-state index in [0.717, 1.165) is 0 Å². The summed E-state index contributed by atoms with van der Waals surface area (Å²) in [6.45, 7) is 0. The second kappa shape index (κ2) is 2.60. The smallest absolute Gasteiger partial charge is 0.278 e. The van der Waals surface area contributed by atoms with Crippen LogP contribution in [0.2, 0.25) is 0 Å². The third-order valence-corrected chi connectivity index (χ3v) is 2.54. The van der Waals surface area contributed by atoms with Gasteiger partial charge in [-0.25, -0.2) is 0 Å². The van der Waals surface area contributed by atoms with Gasteiger partial charge in [-0.2, -0.15) is 18.3 Å². The maximum absolute atomic E-state index is 12.7. The van der Waals surface area contributed by atoms with E-state index < -0.39 is 11.8 Å². The second-order valence-corrected chi connectivity index (χ2v) is 3.54. The van der Waals surface area contributed by atoms with Gasteiger partial charge in [0.05, 0.1) is 11.7 Å². The van der Waals surface area contributed by atoms with Crippen molar-refractivity contribution in [3.05, 3.63) is 30.0 Å². The van der Waals surface area contributed by atoms with Gasteiger partial charge in [-0.3, -0.25) is 5.10 Å². The van der Waals surface area contributed by atoms with Gasteiger partial charge < -0.3 is 0 Å². The maximum Gasteiger partial charge on any atom is 0.442 e. The van der Waals surface area contributed by atoms with Crippen LogP contribution in [0, 0.1) is 0 Å². The molecule has 0 unspecified atom stereocenters. The highest BCUT2D eigenvalue weighted by Gasteiger charge is 2.65. The zero-order valence-electron chi connectivity index (χ0n) is 7.78. The van der Waals surface area contributed by atoms with Crippen LogP contribution < -0.4 is 0 Å². The summed E-state index contributed by atoms with van der Waals surface area (Å²) >= 11 is 0. The van der Waals surface area contributed by atoms with E-state index in [1.165, 1.54) is 24.4 Å². The molecule has 1 N–H and O–H groups in total. The molecule has 0 amide bonds. The first-order chi connectivity index (χ1) is 7.53. The molecule has 1 aliphatic heterocycles. The number of hydrogen-bond donors (Lipinski definition) is 1. The summed E-state index contributed by atoms with van der Waals surface area (Å²) in [5.41, 5.74) is -1.64. The highest BCUT2D eigenvalue weighted by molar-refractivity contribution is 5.78. The SMILES string of the molecule is FC(F)(F)C1(c2ccc3[nH]ncc3c2)N=N1. The second-order valence-electron chi connectivity index (χ2n) is 3.54. The first kappa shape index (κ1) is 9.32. The molecule has 0 aliphatic carbocycles. The van der Waals surface area contributed by atoms with Gasteiger partial charge in [0, 0.05) is 10.9 Å². The average Bonchev–Trinajstić information content (AvgIpc) is 2.91. The average molecular weight is 226 g/mol. The lowest BCUT2D eigenvalue weighted by molar-refractivity contribution is -0.166. The minimum absolute atomic E-state index is 0.0221. The number of rotatable bonds is 1. The summed E-state index contributed by atoms with van der Waals surface area (Å²) < 4.78 is 38.1. The molecule has 7 heteroatoms. The van der Waals surface area contributed by atoms with E-state index in [2.05, 4.69) is 20.4 Å². The molecule has 1 aromatic carbocycles. The number of aromatic amines is 1. The van der Waals surface area contributed by atoms with Crippen LogP contribution in [-0.4, -0.2) is 16.4 Å². The van der Waals surface area contributed by atoms with Gasteiger partial charge in [0.2, 0.25) is 0 Å². The van der Waals surface area contributed by atoms with Crippen LogP contribution in [0.4, 0.5) is 13.2 Å². The summed E-state index contributed by atoms with van der Waals surface area (Å²) in [5, 5.41) is 13.3. The number of aromatic nitrogens is 2. The Morgan fingerprint density at radius 1 is 1.19 bits per heavy atom. The number of H-pyrrole nitrogens is 1. The van der Waals surface area contributed by atoms with Crippen molar-refractivity contribution in [1.29, 1.82) is 0 Å². The molecule has 16 heavy (non-hydrogen) atoms. The third-order valence-electron chi connectivity index (χ3n) is 2.54.